The molecule has 0 saturated carbocycles. The minimum atomic E-state index is -4.16. The number of anilines is 1. The summed E-state index contributed by atoms with van der Waals surface area (Å²) in [6.07, 6.45) is 1.25. The molecule has 34 heavy (non-hydrogen) atoms. The van der Waals surface area contributed by atoms with E-state index in [0.29, 0.717) is 41.5 Å². The molecule has 0 spiro atoms. The van der Waals surface area contributed by atoms with E-state index in [1.54, 1.807) is 25.4 Å². The molecule has 3 atom stereocenters. The standard InChI is InChI=1S/C23H25F3N6O2/c1-13-28-12-20(34-13)18-5-2-14-11-29-21(10-19(14)30-18)31-22(33)32-16-3-4-17(32)9-15(8-16)27-7-6-23(24,25)26/h2,5,10-12,15-17,27H,3-4,6-9H2,1H3,(H,29,31,33)/t15?,16-,17+. The highest BCUT2D eigenvalue weighted by atomic mass is 19.4. The van der Waals surface area contributed by atoms with Crippen molar-refractivity contribution in [2.45, 2.75) is 63.3 Å². The van der Waals surface area contributed by atoms with Crippen LogP contribution in [0.2, 0.25) is 0 Å². The number of rotatable bonds is 5. The highest BCUT2D eigenvalue weighted by Crippen LogP contribution is 2.36. The fourth-order valence-electron chi connectivity index (χ4n) is 4.97. The molecule has 0 aromatic carbocycles. The van der Waals surface area contributed by atoms with Crippen LogP contribution in [0.4, 0.5) is 23.8 Å². The maximum Gasteiger partial charge on any atom is 0.390 e. The molecule has 2 bridgehead atoms. The van der Waals surface area contributed by atoms with Gasteiger partial charge in [-0.15, -0.1) is 0 Å². The zero-order chi connectivity index (χ0) is 23.9. The molecule has 0 radical (unpaired) electrons. The second-order valence-electron chi connectivity index (χ2n) is 8.91. The predicted octanol–water partition coefficient (Wildman–Crippen LogP) is 4.66. The Morgan fingerprint density at radius 2 is 1.94 bits per heavy atom. The summed E-state index contributed by atoms with van der Waals surface area (Å²) in [5, 5.41) is 6.72. The number of oxazole rings is 1. The molecular formula is C23H25F3N6O2. The fourth-order valence-corrected chi connectivity index (χ4v) is 4.97. The number of hydrogen-bond donors (Lipinski definition) is 2. The first-order chi connectivity index (χ1) is 16.2. The van der Waals surface area contributed by atoms with Crippen molar-refractivity contribution >= 4 is 22.8 Å². The molecule has 3 aromatic heterocycles. The summed E-state index contributed by atoms with van der Waals surface area (Å²) in [7, 11) is 0. The number of aromatic nitrogens is 3. The van der Waals surface area contributed by atoms with Crippen LogP contribution in [0, 0.1) is 6.92 Å². The largest absolute Gasteiger partial charge is 0.439 e. The first-order valence-electron chi connectivity index (χ1n) is 11.3. The Labute approximate surface area is 194 Å². The van der Waals surface area contributed by atoms with Gasteiger partial charge in [0.05, 0.1) is 18.1 Å². The number of nitrogens with zero attached hydrogens (tertiary/aromatic N) is 4. The number of pyridine rings is 2. The molecule has 5 rings (SSSR count). The topological polar surface area (TPSA) is 96.2 Å². The van der Waals surface area contributed by atoms with Crippen LogP contribution >= 0.6 is 0 Å². The summed E-state index contributed by atoms with van der Waals surface area (Å²) in [5.41, 5.74) is 1.29. The molecule has 2 amide bonds. The minimum Gasteiger partial charge on any atom is -0.439 e. The predicted molar refractivity (Wildman–Crippen MR) is 119 cm³/mol. The quantitative estimate of drug-likeness (QED) is 0.558. The number of carbonyl (C=O) groups excluding carboxylic acids is 1. The molecule has 2 aliphatic heterocycles. The Hall–Kier alpha value is -3.21. The van der Waals surface area contributed by atoms with E-state index in [2.05, 4.69) is 25.6 Å². The van der Waals surface area contributed by atoms with Gasteiger partial charge in [-0.05, 0) is 37.8 Å². The normalized spacial score (nSPS) is 22.4. The maximum atomic E-state index is 13.1. The van der Waals surface area contributed by atoms with E-state index in [1.807, 2.05) is 17.0 Å². The van der Waals surface area contributed by atoms with Crippen molar-refractivity contribution in [3.63, 3.8) is 0 Å². The van der Waals surface area contributed by atoms with Gasteiger partial charge < -0.3 is 14.6 Å². The van der Waals surface area contributed by atoms with E-state index in [1.165, 1.54) is 0 Å². The van der Waals surface area contributed by atoms with E-state index in [9.17, 15) is 18.0 Å². The molecule has 8 nitrogen and oxygen atoms in total. The van der Waals surface area contributed by atoms with E-state index in [4.69, 9.17) is 4.42 Å². The summed E-state index contributed by atoms with van der Waals surface area (Å²) in [6.45, 7) is 1.67. The van der Waals surface area contributed by atoms with Crippen LogP contribution < -0.4 is 10.6 Å². The van der Waals surface area contributed by atoms with Crippen LogP contribution in [0.5, 0.6) is 0 Å². The van der Waals surface area contributed by atoms with Crippen LogP contribution in [0.1, 0.15) is 38.0 Å². The highest BCUT2D eigenvalue weighted by Gasteiger charge is 2.43. The number of hydrogen-bond acceptors (Lipinski definition) is 6. The molecule has 0 aliphatic carbocycles. The lowest BCUT2D eigenvalue weighted by Crippen LogP contribution is -2.53. The minimum absolute atomic E-state index is 0.00186. The molecule has 5 heterocycles. The third kappa shape index (κ3) is 4.84. The van der Waals surface area contributed by atoms with Crippen LogP contribution in [0.25, 0.3) is 22.4 Å². The first kappa shape index (κ1) is 22.6. The molecular weight excluding hydrogens is 449 g/mol. The smallest absolute Gasteiger partial charge is 0.390 e. The van der Waals surface area contributed by atoms with E-state index >= 15 is 0 Å². The second kappa shape index (κ2) is 8.86. The molecule has 180 valence electrons. The van der Waals surface area contributed by atoms with E-state index < -0.39 is 12.6 Å². The van der Waals surface area contributed by atoms with E-state index in [-0.39, 0.29) is 30.7 Å². The van der Waals surface area contributed by atoms with Crippen LogP contribution in [-0.2, 0) is 0 Å². The van der Waals surface area contributed by atoms with Crippen molar-refractivity contribution in [2.24, 2.45) is 0 Å². The lowest BCUT2D eigenvalue weighted by atomic mass is 9.97. The summed E-state index contributed by atoms with van der Waals surface area (Å²) in [6, 6.07) is 5.18. The number of urea groups is 1. The van der Waals surface area contributed by atoms with Crippen molar-refractivity contribution < 1.29 is 22.4 Å². The van der Waals surface area contributed by atoms with Crippen LogP contribution in [-0.4, -0.2) is 56.7 Å². The van der Waals surface area contributed by atoms with Crippen molar-refractivity contribution in [3.8, 4) is 11.5 Å². The summed E-state index contributed by atoms with van der Waals surface area (Å²) >= 11 is 0. The molecule has 2 N–H and O–H groups in total. The van der Waals surface area contributed by atoms with Gasteiger partial charge in [0.2, 0.25) is 0 Å². The maximum absolute atomic E-state index is 13.1. The SMILES string of the molecule is Cc1ncc(-c2ccc3cnc(NC(=O)N4[C@@H]5CC[C@H]4CC(NCCC(F)(F)F)C5)cc3n2)o1. The van der Waals surface area contributed by atoms with Gasteiger partial charge in [0, 0.05) is 49.2 Å². The Morgan fingerprint density at radius 1 is 1.18 bits per heavy atom. The average molecular weight is 474 g/mol. The number of carbonyl (C=O) groups is 1. The molecule has 11 heteroatoms. The van der Waals surface area contributed by atoms with Gasteiger partial charge in [-0.1, -0.05) is 0 Å². The monoisotopic (exact) mass is 474 g/mol. The lowest BCUT2D eigenvalue weighted by molar-refractivity contribution is -0.133. The number of alkyl halides is 3. The van der Waals surface area contributed by atoms with Gasteiger partial charge in [-0.25, -0.2) is 19.7 Å². The van der Waals surface area contributed by atoms with Crippen LogP contribution in [0.15, 0.2) is 35.0 Å². The Morgan fingerprint density at radius 3 is 2.62 bits per heavy atom. The third-order valence-electron chi connectivity index (χ3n) is 6.49. The van der Waals surface area contributed by atoms with Gasteiger partial charge in [0.15, 0.2) is 11.7 Å². The average Bonchev–Trinajstić information content (AvgIpc) is 3.33. The third-order valence-corrected chi connectivity index (χ3v) is 6.49. The summed E-state index contributed by atoms with van der Waals surface area (Å²) in [4.78, 5) is 28.0. The zero-order valence-electron chi connectivity index (χ0n) is 18.6. The zero-order valence-corrected chi connectivity index (χ0v) is 18.6. The summed E-state index contributed by atoms with van der Waals surface area (Å²) < 4.78 is 42.9. The molecule has 2 fully saturated rings. The number of nitrogens with one attached hydrogen (secondary N) is 2. The number of amides is 2. The first-order valence-corrected chi connectivity index (χ1v) is 11.3. The Kier molecular flexibility index (Phi) is 5.88. The van der Waals surface area contributed by atoms with Crippen molar-refractivity contribution in [3.05, 3.63) is 36.5 Å². The molecule has 2 saturated heterocycles. The van der Waals surface area contributed by atoms with Crippen molar-refractivity contribution in [2.75, 3.05) is 11.9 Å². The number of halogens is 3. The number of piperidine rings is 1. The molecule has 2 aliphatic rings. The van der Waals surface area contributed by atoms with E-state index in [0.717, 1.165) is 18.2 Å². The highest BCUT2D eigenvalue weighted by molar-refractivity contribution is 5.91. The van der Waals surface area contributed by atoms with Crippen molar-refractivity contribution in [1.82, 2.24) is 25.2 Å². The number of fused-ring (bicyclic) bond motifs is 3. The fraction of sp³-hybridized carbons (Fsp3) is 0.478. The molecule has 1 unspecified atom stereocenters. The second-order valence-corrected chi connectivity index (χ2v) is 8.91. The number of aryl methyl sites for hydroxylation is 1. The summed E-state index contributed by atoms with van der Waals surface area (Å²) in [5.74, 6) is 1.50. The lowest BCUT2D eigenvalue weighted by Gasteiger charge is -2.39. The Bertz CT molecular complexity index is 1180. The van der Waals surface area contributed by atoms with Gasteiger partial charge in [0.1, 0.15) is 11.5 Å². The van der Waals surface area contributed by atoms with Crippen molar-refractivity contribution in [1.29, 1.82) is 0 Å². The Balaban J connectivity index is 1.25. The van der Waals surface area contributed by atoms with Gasteiger partial charge >= 0.3 is 12.2 Å². The van der Waals surface area contributed by atoms with Crippen LogP contribution in [0.3, 0.4) is 0 Å². The van der Waals surface area contributed by atoms with Gasteiger partial charge in [-0.3, -0.25) is 5.32 Å². The molecule has 3 aromatic rings. The van der Waals surface area contributed by atoms with Gasteiger partial charge in [0.25, 0.3) is 0 Å². The van der Waals surface area contributed by atoms with Gasteiger partial charge in [-0.2, -0.15) is 13.2 Å².